The van der Waals surface area contributed by atoms with Crippen LogP contribution in [-0.4, -0.2) is 49.1 Å². The number of aryl methyl sites for hydroxylation is 2. The maximum atomic E-state index is 11.6. The largest absolute Gasteiger partial charge is 0.395 e. The Morgan fingerprint density at radius 2 is 2.10 bits per heavy atom. The van der Waals surface area contributed by atoms with Gasteiger partial charge in [0.25, 0.3) is 0 Å². The molecule has 20 heavy (non-hydrogen) atoms. The Morgan fingerprint density at radius 3 is 2.65 bits per heavy atom. The molecule has 1 atom stereocenters. The smallest absolute Gasteiger partial charge is 0.151 e. The van der Waals surface area contributed by atoms with Gasteiger partial charge in [-0.1, -0.05) is 23.8 Å². The van der Waals surface area contributed by atoms with Crippen molar-refractivity contribution in [1.29, 1.82) is 0 Å². The lowest BCUT2D eigenvalue weighted by molar-refractivity contribution is 0.153. The van der Waals surface area contributed by atoms with E-state index >= 15 is 0 Å². The summed E-state index contributed by atoms with van der Waals surface area (Å²) in [6.07, 6.45) is 0.674. The molecule has 0 bridgehead atoms. The third-order valence-corrected chi connectivity index (χ3v) is 5.73. The number of aliphatic hydroxyl groups is 1. The highest BCUT2D eigenvalue weighted by Crippen LogP contribution is 2.21. The minimum Gasteiger partial charge on any atom is -0.395 e. The summed E-state index contributed by atoms with van der Waals surface area (Å²) in [5, 5.41) is 9.23. The molecular weight excluding hydrogens is 274 g/mol. The molecule has 0 spiro atoms. The van der Waals surface area contributed by atoms with Gasteiger partial charge in [-0.25, -0.2) is 8.42 Å². The van der Waals surface area contributed by atoms with Crippen LogP contribution in [0.15, 0.2) is 18.2 Å². The molecule has 5 heteroatoms. The minimum absolute atomic E-state index is 0.0350. The van der Waals surface area contributed by atoms with Crippen molar-refractivity contribution in [2.24, 2.45) is 0 Å². The Balaban J connectivity index is 2.13. The van der Waals surface area contributed by atoms with Crippen LogP contribution in [-0.2, 0) is 16.4 Å². The van der Waals surface area contributed by atoms with Crippen LogP contribution in [0.5, 0.6) is 0 Å². The average Bonchev–Trinajstić information content (AvgIpc) is 2.72. The van der Waals surface area contributed by atoms with Crippen molar-refractivity contribution >= 4 is 9.84 Å². The lowest BCUT2D eigenvalue weighted by Gasteiger charge is -2.28. The molecule has 1 aromatic carbocycles. The van der Waals surface area contributed by atoms with Crippen molar-refractivity contribution in [3.8, 4) is 0 Å². The molecule has 0 saturated carbocycles. The first kappa shape index (κ1) is 15.5. The Kier molecular flexibility index (Phi) is 4.83. The Morgan fingerprint density at radius 1 is 1.35 bits per heavy atom. The standard InChI is InChI=1S/C15H23NO3S/c1-12-3-4-14(13(2)9-12)10-16(6-7-17)15-5-8-20(18,19)11-15/h3-4,9,15,17H,5-8,10-11H2,1-2H3. The monoisotopic (exact) mass is 297 g/mol. The van der Waals surface area contributed by atoms with Gasteiger partial charge in [0, 0.05) is 19.1 Å². The maximum Gasteiger partial charge on any atom is 0.151 e. The van der Waals surface area contributed by atoms with Crippen molar-refractivity contribution in [3.05, 3.63) is 34.9 Å². The molecule has 1 heterocycles. The van der Waals surface area contributed by atoms with Gasteiger partial charge in [0.05, 0.1) is 18.1 Å². The van der Waals surface area contributed by atoms with Crippen LogP contribution in [0.25, 0.3) is 0 Å². The van der Waals surface area contributed by atoms with Crippen molar-refractivity contribution < 1.29 is 13.5 Å². The normalized spacial score (nSPS) is 21.5. The van der Waals surface area contributed by atoms with Gasteiger partial charge in [-0.05, 0) is 31.4 Å². The summed E-state index contributed by atoms with van der Waals surface area (Å²) in [6.45, 7) is 5.42. The molecule has 2 rings (SSSR count). The summed E-state index contributed by atoms with van der Waals surface area (Å²) in [5.41, 5.74) is 3.64. The maximum absolute atomic E-state index is 11.6. The average molecular weight is 297 g/mol. The van der Waals surface area contributed by atoms with E-state index in [9.17, 15) is 13.5 Å². The zero-order valence-corrected chi connectivity index (χ0v) is 13.0. The lowest BCUT2D eigenvalue weighted by atomic mass is 10.0. The van der Waals surface area contributed by atoms with E-state index in [1.165, 1.54) is 16.7 Å². The third-order valence-electron chi connectivity index (χ3n) is 3.98. The second-order valence-corrected chi connectivity index (χ2v) is 7.91. The molecule has 1 aliphatic heterocycles. The summed E-state index contributed by atoms with van der Waals surface area (Å²) in [7, 11) is -2.89. The fraction of sp³-hybridized carbons (Fsp3) is 0.600. The number of hydrogen-bond acceptors (Lipinski definition) is 4. The van der Waals surface area contributed by atoms with E-state index in [1.54, 1.807) is 0 Å². The first-order chi connectivity index (χ1) is 9.41. The van der Waals surface area contributed by atoms with Gasteiger partial charge in [-0.2, -0.15) is 0 Å². The fourth-order valence-corrected chi connectivity index (χ4v) is 4.59. The second kappa shape index (κ2) is 6.24. The molecule has 1 unspecified atom stereocenters. The molecule has 1 N–H and O–H groups in total. The zero-order valence-electron chi connectivity index (χ0n) is 12.2. The summed E-state index contributed by atoms with van der Waals surface area (Å²) < 4.78 is 23.2. The topological polar surface area (TPSA) is 57.6 Å². The van der Waals surface area contributed by atoms with Gasteiger partial charge in [0.15, 0.2) is 9.84 Å². The number of aliphatic hydroxyl groups excluding tert-OH is 1. The minimum atomic E-state index is -2.89. The van der Waals surface area contributed by atoms with Gasteiger partial charge in [-0.15, -0.1) is 0 Å². The van der Waals surface area contributed by atoms with E-state index in [2.05, 4.69) is 36.9 Å². The lowest BCUT2D eigenvalue weighted by Crippen LogP contribution is -2.37. The number of sulfone groups is 1. The molecule has 1 aromatic rings. The number of nitrogens with zero attached hydrogens (tertiary/aromatic N) is 1. The molecule has 112 valence electrons. The highest BCUT2D eigenvalue weighted by Gasteiger charge is 2.32. The van der Waals surface area contributed by atoms with Crippen LogP contribution in [0.3, 0.4) is 0 Å². The molecule has 0 radical (unpaired) electrons. The fourth-order valence-electron chi connectivity index (χ4n) is 2.82. The van der Waals surface area contributed by atoms with Gasteiger partial charge < -0.3 is 5.11 Å². The first-order valence-electron chi connectivity index (χ1n) is 7.03. The number of hydrogen-bond donors (Lipinski definition) is 1. The van der Waals surface area contributed by atoms with Crippen molar-refractivity contribution in [2.75, 3.05) is 24.7 Å². The van der Waals surface area contributed by atoms with Crippen LogP contribution >= 0.6 is 0 Å². The van der Waals surface area contributed by atoms with Gasteiger partial charge in [0.2, 0.25) is 0 Å². The third kappa shape index (κ3) is 3.81. The molecule has 1 fully saturated rings. The van der Waals surface area contributed by atoms with Crippen molar-refractivity contribution in [3.63, 3.8) is 0 Å². The van der Waals surface area contributed by atoms with E-state index < -0.39 is 9.84 Å². The molecule has 0 aromatic heterocycles. The summed E-state index contributed by atoms with van der Waals surface area (Å²) >= 11 is 0. The Hall–Kier alpha value is -0.910. The highest BCUT2D eigenvalue weighted by atomic mass is 32.2. The van der Waals surface area contributed by atoms with Gasteiger partial charge >= 0.3 is 0 Å². The van der Waals surface area contributed by atoms with Crippen molar-refractivity contribution in [1.82, 2.24) is 4.90 Å². The van der Waals surface area contributed by atoms with E-state index in [0.717, 1.165) is 0 Å². The molecule has 1 saturated heterocycles. The molecule has 1 aliphatic rings. The number of benzene rings is 1. The highest BCUT2D eigenvalue weighted by molar-refractivity contribution is 7.91. The van der Waals surface area contributed by atoms with E-state index in [4.69, 9.17) is 0 Å². The molecule has 4 nitrogen and oxygen atoms in total. The van der Waals surface area contributed by atoms with E-state index in [0.29, 0.717) is 19.5 Å². The van der Waals surface area contributed by atoms with Crippen LogP contribution < -0.4 is 0 Å². The zero-order chi connectivity index (χ0) is 14.8. The van der Waals surface area contributed by atoms with Crippen molar-refractivity contribution in [2.45, 2.75) is 32.9 Å². The first-order valence-corrected chi connectivity index (χ1v) is 8.85. The molecule has 0 aliphatic carbocycles. The van der Waals surface area contributed by atoms with E-state index in [-0.39, 0.29) is 24.2 Å². The summed E-state index contributed by atoms with van der Waals surface area (Å²) in [5.74, 6) is 0.490. The van der Waals surface area contributed by atoms with Gasteiger partial charge in [0.1, 0.15) is 0 Å². The predicted molar refractivity (Wildman–Crippen MR) is 80.5 cm³/mol. The Labute approximate surface area is 121 Å². The molecule has 0 amide bonds. The van der Waals surface area contributed by atoms with Crippen LogP contribution in [0.1, 0.15) is 23.1 Å². The van der Waals surface area contributed by atoms with Crippen LogP contribution in [0.4, 0.5) is 0 Å². The summed E-state index contributed by atoms with van der Waals surface area (Å²) in [6, 6.07) is 6.34. The second-order valence-electron chi connectivity index (χ2n) is 5.68. The van der Waals surface area contributed by atoms with Crippen LogP contribution in [0.2, 0.25) is 0 Å². The van der Waals surface area contributed by atoms with E-state index in [1.807, 2.05) is 0 Å². The summed E-state index contributed by atoms with van der Waals surface area (Å²) in [4.78, 5) is 2.10. The Bertz CT molecular complexity index is 568. The quantitative estimate of drug-likeness (QED) is 0.889. The SMILES string of the molecule is Cc1ccc(CN(CCO)C2CCS(=O)(=O)C2)c(C)c1. The number of rotatable bonds is 5. The van der Waals surface area contributed by atoms with Gasteiger partial charge in [-0.3, -0.25) is 4.90 Å². The van der Waals surface area contributed by atoms with Crippen LogP contribution in [0, 0.1) is 13.8 Å². The predicted octanol–water partition coefficient (Wildman–Crippen LogP) is 1.28. The molecular formula is C15H23NO3S.